The van der Waals surface area contributed by atoms with Gasteiger partial charge in [0.25, 0.3) is 0 Å². The highest BCUT2D eigenvalue weighted by Crippen LogP contribution is 2.34. The van der Waals surface area contributed by atoms with Crippen molar-refractivity contribution in [2.24, 2.45) is 5.41 Å². The molecule has 0 spiro atoms. The molecule has 0 rings (SSSR count). The van der Waals surface area contributed by atoms with Crippen LogP contribution in [0.4, 0.5) is 0 Å². The van der Waals surface area contributed by atoms with Gasteiger partial charge in [-0.2, -0.15) is 0 Å². The summed E-state index contributed by atoms with van der Waals surface area (Å²) in [6.45, 7) is 14.5. The Morgan fingerprint density at radius 1 is 1.08 bits per heavy atom. The Bertz CT molecular complexity index is 192. The molecular weight excluding hydrogens is 182 g/mol. The molecule has 1 N–H and O–H groups in total. The first kappa shape index (κ1) is 13.1. The zero-order valence-corrected chi connectivity index (χ0v) is 10.7. The molecular formula is C10H23NOS. The summed E-state index contributed by atoms with van der Waals surface area (Å²) in [7, 11) is -0.980. The molecule has 0 aromatic carbocycles. The molecule has 3 heteroatoms. The van der Waals surface area contributed by atoms with Crippen LogP contribution in [0.3, 0.4) is 0 Å². The molecule has 0 aliphatic carbocycles. The molecule has 0 bridgehead atoms. The smallest absolute Gasteiger partial charge is 0.0980 e. The van der Waals surface area contributed by atoms with Gasteiger partial charge < -0.3 is 0 Å². The van der Waals surface area contributed by atoms with Crippen molar-refractivity contribution in [3.63, 3.8) is 0 Å². The highest BCUT2D eigenvalue weighted by Gasteiger charge is 2.38. The van der Waals surface area contributed by atoms with E-state index in [1.54, 1.807) is 0 Å². The maximum absolute atomic E-state index is 11.9. The standard InChI is InChI=1S/C10H23NOS/c1-8(2)11-13(12)10(6,7)9(3,4)5/h8,11H,1-7H3. The molecule has 1 unspecified atom stereocenters. The lowest BCUT2D eigenvalue weighted by Gasteiger charge is -2.38. The highest BCUT2D eigenvalue weighted by atomic mass is 32.2. The Hall–Kier alpha value is 0.110. The lowest BCUT2D eigenvalue weighted by atomic mass is 9.83. The van der Waals surface area contributed by atoms with Crippen LogP contribution in [0.2, 0.25) is 0 Å². The summed E-state index contributed by atoms with van der Waals surface area (Å²) in [6.07, 6.45) is 0. The first-order valence-corrected chi connectivity index (χ1v) is 5.92. The Kier molecular flexibility index (Phi) is 4.13. The summed E-state index contributed by atoms with van der Waals surface area (Å²) < 4.78 is 14.8. The molecule has 0 aliphatic heterocycles. The van der Waals surface area contributed by atoms with Gasteiger partial charge in [-0.3, -0.25) is 0 Å². The van der Waals surface area contributed by atoms with Crippen LogP contribution in [0.5, 0.6) is 0 Å². The normalized spacial score (nSPS) is 16.3. The largest absolute Gasteiger partial charge is 0.242 e. The van der Waals surface area contributed by atoms with Crippen LogP contribution in [0.1, 0.15) is 48.5 Å². The maximum atomic E-state index is 11.9. The van der Waals surface area contributed by atoms with Gasteiger partial charge in [-0.05, 0) is 33.1 Å². The van der Waals surface area contributed by atoms with Crippen molar-refractivity contribution < 1.29 is 4.21 Å². The second-order valence-electron chi connectivity index (χ2n) is 5.30. The average Bonchev–Trinajstić information content (AvgIpc) is 1.82. The molecule has 13 heavy (non-hydrogen) atoms. The summed E-state index contributed by atoms with van der Waals surface area (Å²) in [5.74, 6) is 0. The van der Waals surface area contributed by atoms with Crippen LogP contribution in [0.25, 0.3) is 0 Å². The van der Waals surface area contributed by atoms with E-state index in [2.05, 4.69) is 25.5 Å². The van der Waals surface area contributed by atoms with Gasteiger partial charge in [-0.25, -0.2) is 8.93 Å². The van der Waals surface area contributed by atoms with Crippen LogP contribution >= 0.6 is 0 Å². The zero-order valence-electron chi connectivity index (χ0n) is 9.89. The van der Waals surface area contributed by atoms with E-state index < -0.39 is 11.0 Å². The second kappa shape index (κ2) is 4.09. The van der Waals surface area contributed by atoms with Crippen LogP contribution in [-0.4, -0.2) is 15.0 Å². The van der Waals surface area contributed by atoms with Gasteiger partial charge >= 0.3 is 0 Å². The third kappa shape index (κ3) is 3.39. The minimum Gasteiger partial charge on any atom is -0.242 e. The zero-order chi connectivity index (χ0) is 10.9. The predicted molar refractivity (Wildman–Crippen MR) is 59.9 cm³/mol. The third-order valence-corrected chi connectivity index (χ3v) is 4.84. The van der Waals surface area contributed by atoms with E-state index in [0.717, 1.165) is 0 Å². The van der Waals surface area contributed by atoms with E-state index >= 15 is 0 Å². The van der Waals surface area contributed by atoms with Crippen LogP contribution in [0.15, 0.2) is 0 Å². The summed E-state index contributed by atoms with van der Waals surface area (Å²) in [6, 6.07) is 0.266. The quantitative estimate of drug-likeness (QED) is 0.753. The third-order valence-electron chi connectivity index (χ3n) is 2.61. The van der Waals surface area contributed by atoms with Crippen molar-refractivity contribution in [2.75, 3.05) is 0 Å². The first-order valence-electron chi connectivity index (χ1n) is 4.77. The molecule has 0 heterocycles. The first-order chi connectivity index (χ1) is 5.59. The van der Waals surface area contributed by atoms with Crippen molar-refractivity contribution in [3.8, 4) is 0 Å². The molecule has 0 aromatic rings. The highest BCUT2D eigenvalue weighted by molar-refractivity contribution is 7.84. The summed E-state index contributed by atoms with van der Waals surface area (Å²) >= 11 is 0. The Morgan fingerprint density at radius 3 is 1.69 bits per heavy atom. The Labute approximate surface area is 85.1 Å². The van der Waals surface area contributed by atoms with Gasteiger partial charge in [0.2, 0.25) is 0 Å². The fourth-order valence-electron chi connectivity index (χ4n) is 0.639. The summed E-state index contributed by atoms with van der Waals surface area (Å²) in [5.41, 5.74) is 0.0414. The molecule has 0 radical (unpaired) electrons. The fraction of sp³-hybridized carbons (Fsp3) is 1.00. The minimum absolute atomic E-state index is 0.0414. The topological polar surface area (TPSA) is 29.1 Å². The lowest BCUT2D eigenvalue weighted by Crippen LogP contribution is -2.47. The van der Waals surface area contributed by atoms with Gasteiger partial charge in [-0.1, -0.05) is 20.8 Å². The van der Waals surface area contributed by atoms with E-state index in [-0.39, 0.29) is 16.2 Å². The number of hydrogen-bond donors (Lipinski definition) is 1. The molecule has 0 aromatic heterocycles. The van der Waals surface area contributed by atoms with Crippen molar-refractivity contribution >= 4 is 11.0 Å². The second-order valence-corrected chi connectivity index (χ2v) is 7.10. The number of nitrogens with one attached hydrogen (secondary N) is 1. The monoisotopic (exact) mass is 205 g/mol. The van der Waals surface area contributed by atoms with E-state index in [1.165, 1.54) is 0 Å². The Morgan fingerprint density at radius 2 is 1.46 bits per heavy atom. The van der Waals surface area contributed by atoms with Crippen molar-refractivity contribution in [3.05, 3.63) is 0 Å². The fourth-order valence-corrected chi connectivity index (χ4v) is 1.92. The Balaban J connectivity index is 4.56. The number of hydrogen-bond acceptors (Lipinski definition) is 1. The van der Waals surface area contributed by atoms with Gasteiger partial charge in [-0.15, -0.1) is 0 Å². The molecule has 0 saturated heterocycles. The van der Waals surface area contributed by atoms with E-state index in [1.807, 2.05) is 27.7 Å². The average molecular weight is 205 g/mol. The summed E-state index contributed by atoms with van der Waals surface area (Å²) in [5, 5.41) is 0. The van der Waals surface area contributed by atoms with E-state index in [0.29, 0.717) is 0 Å². The summed E-state index contributed by atoms with van der Waals surface area (Å²) in [4.78, 5) is 0. The van der Waals surface area contributed by atoms with E-state index in [4.69, 9.17) is 0 Å². The van der Waals surface area contributed by atoms with Crippen LogP contribution in [-0.2, 0) is 11.0 Å². The maximum Gasteiger partial charge on any atom is 0.0980 e. The molecule has 0 aliphatic rings. The van der Waals surface area contributed by atoms with Crippen LogP contribution < -0.4 is 4.72 Å². The van der Waals surface area contributed by atoms with Gasteiger partial charge in [0, 0.05) is 6.04 Å². The van der Waals surface area contributed by atoms with Crippen molar-refractivity contribution in [1.82, 2.24) is 4.72 Å². The lowest BCUT2D eigenvalue weighted by molar-refractivity contribution is 0.309. The van der Waals surface area contributed by atoms with Crippen molar-refractivity contribution in [1.29, 1.82) is 0 Å². The molecule has 0 saturated carbocycles. The van der Waals surface area contributed by atoms with Gasteiger partial charge in [0.05, 0.1) is 15.7 Å². The van der Waals surface area contributed by atoms with Crippen LogP contribution in [0, 0.1) is 5.41 Å². The molecule has 0 amide bonds. The molecule has 1 atom stereocenters. The predicted octanol–water partition coefficient (Wildman–Crippen LogP) is 2.47. The molecule has 2 nitrogen and oxygen atoms in total. The van der Waals surface area contributed by atoms with Gasteiger partial charge in [0.15, 0.2) is 0 Å². The van der Waals surface area contributed by atoms with Gasteiger partial charge in [0.1, 0.15) is 0 Å². The number of rotatable bonds is 3. The van der Waals surface area contributed by atoms with E-state index in [9.17, 15) is 4.21 Å². The molecule has 0 fully saturated rings. The van der Waals surface area contributed by atoms with Crippen molar-refractivity contribution in [2.45, 2.75) is 59.3 Å². The SMILES string of the molecule is CC(C)NS(=O)C(C)(C)C(C)(C)C. The minimum atomic E-state index is -0.980. The molecule has 80 valence electrons.